The molecule has 0 amide bonds. The summed E-state index contributed by atoms with van der Waals surface area (Å²) in [4.78, 5) is 10.0. The molecule has 82 valence electrons. The second kappa shape index (κ2) is 4.84. The average Bonchev–Trinajstić information content (AvgIpc) is 2.17. The number of rotatable bonds is 4. The number of nitro groups is 1. The summed E-state index contributed by atoms with van der Waals surface area (Å²) in [6.07, 6.45) is -0.911. The van der Waals surface area contributed by atoms with E-state index in [-0.39, 0.29) is 18.7 Å². The molecule has 0 saturated carbocycles. The molecule has 5 heteroatoms. The van der Waals surface area contributed by atoms with Gasteiger partial charge in [-0.05, 0) is 37.6 Å². The molecule has 0 bridgehead atoms. The topological polar surface area (TPSA) is 69.2 Å². The van der Waals surface area contributed by atoms with Crippen molar-refractivity contribution in [2.24, 2.45) is 5.73 Å². The van der Waals surface area contributed by atoms with Crippen molar-refractivity contribution >= 4 is 5.69 Å². The van der Waals surface area contributed by atoms with Gasteiger partial charge in [0.2, 0.25) is 0 Å². The van der Waals surface area contributed by atoms with E-state index in [9.17, 15) is 14.5 Å². The zero-order valence-electron chi connectivity index (χ0n) is 8.44. The van der Waals surface area contributed by atoms with Gasteiger partial charge in [-0.15, -0.1) is 0 Å². The summed E-state index contributed by atoms with van der Waals surface area (Å²) in [6.45, 7) is 1.86. The van der Waals surface area contributed by atoms with Gasteiger partial charge in [0.05, 0.1) is 4.92 Å². The molecular weight excluding hydrogens is 199 g/mol. The van der Waals surface area contributed by atoms with Crippen LogP contribution in [-0.4, -0.2) is 11.5 Å². The fourth-order valence-corrected chi connectivity index (χ4v) is 1.39. The van der Waals surface area contributed by atoms with Gasteiger partial charge in [-0.1, -0.05) is 0 Å². The van der Waals surface area contributed by atoms with Crippen LogP contribution in [0.2, 0.25) is 0 Å². The molecule has 0 aliphatic carbocycles. The molecule has 0 fully saturated rings. The van der Waals surface area contributed by atoms with E-state index in [0.717, 1.165) is 0 Å². The summed E-state index contributed by atoms with van der Waals surface area (Å²) in [5.41, 5.74) is 6.16. The lowest BCUT2D eigenvalue weighted by atomic mass is 10.0. The molecule has 1 unspecified atom stereocenters. The zero-order valence-corrected chi connectivity index (χ0v) is 8.44. The lowest BCUT2D eigenvalue weighted by molar-refractivity contribution is -0.385. The lowest BCUT2D eigenvalue weighted by Crippen LogP contribution is -2.04. The molecule has 0 aliphatic rings. The average molecular weight is 212 g/mol. The summed E-state index contributed by atoms with van der Waals surface area (Å²) >= 11 is 0. The van der Waals surface area contributed by atoms with Crippen molar-refractivity contribution in [1.82, 2.24) is 0 Å². The highest BCUT2D eigenvalue weighted by Gasteiger charge is 2.14. The monoisotopic (exact) mass is 212 g/mol. The first-order chi connectivity index (χ1) is 7.06. The van der Waals surface area contributed by atoms with Crippen molar-refractivity contribution in [3.8, 4) is 0 Å². The van der Waals surface area contributed by atoms with Crippen molar-refractivity contribution < 1.29 is 9.31 Å². The number of alkyl halides is 1. The number of aryl methyl sites for hydroxylation is 1. The van der Waals surface area contributed by atoms with Gasteiger partial charge in [-0.25, -0.2) is 4.39 Å². The molecule has 0 saturated heterocycles. The third-order valence-electron chi connectivity index (χ3n) is 2.20. The van der Waals surface area contributed by atoms with Gasteiger partial charge in [-0.3, -0.25) is 10.1 Å². The molecule has 1 rings (SSSR count). The van der Waals surface area contributed by atoms with Crippen molar-refractivity contribution in [1.29, 1.82) is 0 Å². The summed E-state index contributed by atoms with van der Waals surface area (Å²) in [5, 5.41) is 10.5. The highest BCUT2D eigenvalue weighted by atomic mass is 19.1. The standard InChI is InChI=1S/C10H13FN2O2/c1-7-6-8(9(11)4-5-12)2-3-10(7)13(14)15/h2-3,6,9H,4-5,12H2,1H3. The third-order valence-corrected chi connectivity index (χ3v) is 2.20. The fraction of sp³-hybridized carbons (Fsp3) is 0.400. The van der Waals surface area contributed by atoms with Gasteiger partial charge in [0, 0.05) is 11.6 Å². The number of nitrogens with two attached hydrogens (primary N) is 1. The molecule has 2 N–H and O–H groups in total. The molecule has 0 aliphatic heterocycles. The normalized spacial score (nSPS) is 12.5. The first-order valence-corrected chi connectivity index (χ1v) is 4.65. The van der Waals surface area contributed by atoms with Crippen molar-refractivity contribution in [3.63, 3.8) is 0 Å². The molecule has 0 spiro atoms. The Morgan fingerprint density at radius 1 is 1.60 bits per heavy atom. The zero-order chi connectivity index (χ0) is 11.4. The number of nitro benzene ring substituents is 1. The van der Waals surface area contributed by atoms with Crippen LogP contribution in [0.3, 0.4) is 0 Å². The summed E-state index contributed by atoms with van der Waals surface area (Å²) in [5.74, 6) is 0. The van der Waals surface area contributed by atoms with E-state index in [1.165, 1.54) is 18.2 Å². The molecule has 0 aromatic heterocycles. The van der Waals surface area contributed by atoms with Crippen molar-refractivity contribution in [2.45, 2.75) is 19.5 Å². The minimum atomic E-state index is -1.14. The molecule has 1 aromatic rings. The SMILES string of the molecule is Cc1cc(C(F)CCN)ccc1[N+](=O)[O-]. The predicted molar refractivity (Wildman–Crippen MR) is 55.4 cm³/mol. The van der Waals surface area contributed by atoms with Crippen molar-refractivity contribution in [2.75, 3.05) is 6.54 Å². The van der Waals surface area contributed by atoms with Crippen LogP contribution in [0.25, 0.3) is 0 Å². The number of hydrogen-bond acceptors (Lipinski definition) is 3. The van der Waals surface area contributed by atoms with E-state index in [1.807, 2.05) is 0 Å². The quantitative estimate of drug-likeness (QED) is 0.614. The highest BCUT2D eigenvalue weighted by molar-refractivity contribution is 5.42. The maximum absolute atomic E-state index is 13.4. The second-order valence-electron chi connectivity index (χ2n) is 3.35. The first kappa shape index (κ1) is 11.6. The fourth-order valence-electron chi connectivity index (χ4n) is 1.39. The summed E-state index contributed by atoms with van der Waals surface area (Å²) in [6, 6.07) is 4.26. The number of hydrogen-bond donors (Lipinski definition) is 1. The van der Waals surface area contributed by atoms with Crippen LogP contribution in [0, 0.1) is 17.0 Å². The molecule has 1 atom stereocenters. The van der Waals surface area contributed by atoms with E-state index >= 15 is 0 Å². The minimum Gasteiger partial charge on any atom is -0.330 e. The Morgan fingerprint density at radius 3 is 2.73 bits per heavy atom. The molecule has 1 aromatic carbocycles. The van der Waals surface area contributed by atoms with Gasteiger partial charge >= 0.3 is 0 Å². The van der Waals surface area contributed by atoms with Crippen molar-refractivity contribution in [3.05, 3.63) is 39.4 Å². The first-order valence-electron chi connectivity index (χ1n) is 4.65. The van der Waals surface area contributed by atoms with E-state index < -0.39 is 11.1 Å². The van der Waals surface area contributed by atoms with Gasteiger partial charge in [0.1, 0.15) is 6.17 Å². The van der Waals surface area contributed by atoms with Gasteiger partial charge < -0.3 is 5.73 Å². The van der Waals surface area contributed by atoms with Crippen LogP contribution in [0.5, 0.6) is 0 Å². The van der Waals surface area contributed by atoms with Gasteiger partial charge in [0.15, 0.2) is 0 Å². The third kappa shape index (κ3) is 2.73. The Hall–Kier alpha value is -1.49. The Bertz CT molecular complexity index is 368. The van der Waals surface area contributed by atoms with Gasteiger partial charge in [-0.2, -0.15) is 0 Å². The van der Waals surface area contributed by atoms with Crippen LogP contribution in [0.4, 0.5) is 10.1 Å². The van der Waals surface area contributed by atoms with E-state index in [2.05, 4.69) is 0 Å². The van der Waals surface area contributed by atoms with Crippen LogP contribution >= 0.6 is 0 Å². The van der Waals surface area contributed by atoms with Crippen LogP contribution in [0.1, 0.15) is 23.7 Å². The maximum Gasteiger partial charge on any atom is 0.272 e. The summed E-state index contributed by atoms with van der Waals surface area (Å²) in [7, 11) is 0. The number of halogens is 1. The number of nitrogens with zero attached hydrogens (tertiary/aromatic N) is 1. The molecule has 15 heavy (non-hydrogen) atoms. The van der Waals surface area contributed by atoms with Gasteiger partial charge in [0.25, 0.3) is 5.69 Å². The Morgan fingerprint density at radius 2 is 2.27 bits per heavy atom. The van der Waals surface area contributed by atoms with Crippen LogP contribution in [-0.2, 0) is 0 Å². The molecular formula is C10H13FN2O2. The van der Waals surface area contributed by atoms with E-state index in [4.69, 9.17) is 5.73 Å². The van der Waals surface area contributed by atoms with Crippen LogP contribution < -0.4 is 5.73 Å². The number of benzene rings is 1. The van der Waals surface area contributed by atoms with Crippen LogP contribution in [0.15, 0.2) is 18.2 Å². The lowest BCUT2D eigenvalue weighted by Gasteiger charge is -2.07. The molecule has 4 nitrogen and oxygen atoms in total. The summed E-state index contributed by atoms with van der Waals surface area (Å²) < 4.78 is 13.4. The predicted octanol–water partition coefficient (Wildman–Crippen LogP) is 2.26. The molecule has 0 heterocycles. The second-order valence-corrected chi connectivity index (χ2v) is 3.35. The largest absolute Gasteiger partial charge is 0.330 e. The Kier molecular flexibility index (Phi) is 3.74. The smallest absolute Gasteiger partial charge is 0.272 e. The van der Waals surface area contributed by atoms with E-state index in [1.54, 1.807) is 6.92 Å². The Balaban J connectivity index is 2.96. The molecule has 0 radical (unpaired) electrons. The maximum atomic E-state index is 13.4. The highest BCUT2D eigenvalue weighted by Crippen LogP contribution is 2.26. The Labute approximate surface area is 87.0 Å². The van der Waals surface area contributed by atoms with E-state index in [0.29, 0.717) is 11.1 Å². The minimum absolute atomic E-state index is 0.0127.